The van der Waals surface area contributed by atoms with E-state index in [-0.39, 0.29) is 12.0 Å². The minimum atomic E-state index is -1.06. The molecule has 0 aliphatic heterocycles. The largest absolute Gasteiger partial charge is 0.497 e. The van der Waals surface area contributed by atoms with E-state index in [2.05, 4.69) is 10.3 Å². The van der Waals surface area contributed by atoms with E-state index in [0.29, 0.717) is 27.8 Å². The molecule has 0 bridgehead atoms. The molecule has 0 aliphatic carbocycles. The highest BCUT2D eigenvalue weighted by Crippen LogP contribution is 2.31. The molecule has 0 fully saturated rings. The number of nitrogens with one attached hydrogen (secondary N) is 1. The van der Waals surface area contributed by atoms with Crippen LogP contribution in [0.25, 0.3) is 11.1 Å². The zero-order valence-corrected chi connectivity index (χ0v) is 17.7. The van der Waals surface area contributed by atoms with E-state index >= 15 is 0 Å². The summed E-state index contributed by atoms with van der Waals surface area (Å²) in [5, 5.41) is 12.4. The van der Waals surface area contributed by atoms with Gasteiger partial charge in [0.25, 0.3) is 5.91 Å². The number of benzene rings is 2. The number of hydrogen-bond donors (Lipinski definition) is 2. The highest BCUT2D eigenvalue weighted by molar-refractivity contribution is 6.31. The van der Waals surface area contributed by atoms with Crippen molar-refractivity contribution in [2.75, 3.05) is 14.2 Å². The number of nitrogens with zero attached hydrogens (tertiary/aromatic N) is 1. The van der Waals surface area contributed by atoms with E-state index in [1.807, 2.05) is 12.1 Å². The Hall–Kier alpha value is -3.58. The van der Waals surface area contributed by atoms with Crippen molar-refractivity contribution < 1.29 is 24.2 Å². The number of aliphatic carboxylic acids is 1. The zero-order chi connectivity index (χ0) is 22.4. The van der Waals surface area contributed by atoms with Crippen molar-refractivity contribution in [1.29, 1.82) is 0 Å². The van der Waals surface area contributed by atoms with Crippen LogP contribution in [0, 0.1) is 0 Å². The van der Waals surface area contributed by atoms with E-state index in [0.717, 1.165) is 5.56 Å². The van der Waals surface area contributed by atoms with Crippen LogP contribution in [0.3, 0.4) is 0 Å². The first-order chi connectivity index (χ1) is 14.9. The van der Waals surface area contributed by atoms with Crippen LogP contribution < -0.4 is 14.8 Å². The number of halogens is 1. The Morgan fingerprint density at radius 2 is 1.87 bits per heavy atom. The maximum absolute atomic E-state index is 13.0. The van der Waals surface area contributed by atoms with Gasteiger partial charge in [-0.2, -0.15) is 0 Å². The van der Waals surface area contributed by atoms with Gasteiger partial charge in [0, 0.05) is 16.8 Å². The molecule has 0 spiro atoms. The SMILES string of the molecule is COc1cccc(-c2cc(C(=O)N[C@@H](CC(=O)O)c3ccccc3Cl)cnc2OC)c1. The molecule has 0 saturated heterocycles. The molecule has 2 N–H and O–H groups in total. The monoisotopic (exact) mass is 440 g/mol. The van der Waals surface area contributed by atoms with Crippen LogP contribution in [0.4, 0.5) is 0 Å². The maximum atomic E-state index is 13.0. The Morgan fingerprint density at radius 1 is 1.10 bits per heavy atom. The van der Waals surface area contributed by atoms with Gasteiger partial charge in [0.2, 0.25) is 5.88 Å². The predicted octanol–water partition coefficient (Wildman–Crippen LogP) is 4.37. The van der Waals surface area contributed by atoms with Crippen LogP contribution in [0.15, 0.2) is 60.8 Å². The van der Waals surface area contributed by atoms with Gasteiger partial charge in [-0.25, -0.2) is 4.98 Å². The maximum Gasteiger partial charge on any atom is 0.305 e. The molecule has 3 aromatic rings. The molecule has 0 aliphatic rings. The first kappa shape index (κ1) is 22.1. The quantitative estimate of drug-likeness (QED) is 0.540. The van der Waals surface area contributed by atoms with Crippen molar-refractivity contribution >= 4 is 23.5 Å². The Bertz CT molecular complexity index is 1100. The molecule has 1 atom stereocenters. The van der Waals surface area contributed by atoms with Gasteiger partial charge in [-0.05, 0) is 35.4 Å². The van der Waals surface area contributed by atoms with Gasteiger partial charge >= 0.3 is 5.97 Å². The standard InChI is InChI=1S/C23H21ClN2O5/c1-30-16-7-5-6-14(10-16)18-11-15(13-25-23(18)31-2)22(29)26-20(12-21(27)28)17-8-3-4-9-19(17)24/h3-11,13,20H,12H2,1-2H3,(H,26,29)(H,27,28)/t20-/m0/s1. The van der Waals surface area contributed by atoms with Crippen molar-refractivity contribution in [2.45, 2.75) is 12.5 Å². The molecular weight excluding hydrogens is 420 g/mol. The van der Waals surface area contributed by atoms with Crippen LogP contribution in [-0.4, -0.2) is 36.2 Å². The summed E-state index contributed by atoms with van der Waals surface area (Å²) >= 11 is 6.22. The van der Waals surface area contributed by atoms with E-state index < -0.39 is 17.9 Å². The van der Waals surface area contributed by atoms with E-state index in [9.17, 15) is 14.7 Å². The lowest BCUT2D eigenvalue weighted by atomic mass is 10.0. The molecule has 1 aromatic heterocycles. The topological polar surface area (TPSA) is 97.8 Å². The highest BCUT2D eigenvalue weighted by Gasteiger charge is 2.22. The fourth-order valence-electron chi connectivity index (χ4n) is 3.15. The molecule has 1 amide bonds. The van der Waals surface area contributed by atoms with Crippen molar-refractivity contribution in [3.63, 3.8) is 0 Å². The Morgan fingerprint density at radius 3 is 2.55 bits per heavy atom. The predicted molar refractivity (Wildman–Crippen MR) is 117 cm³/mol. The Labute approximate surface area is 184 Å². The van der Waals surface area contributed by atoms with Gasteiger partial charge in [-0.1, -0.05) is 41.9 Å². The smallest absolute Gasteiger partial charge is 0.305 e. The summed E-state index contributed by atoms with van der Waals surface area (Å²) in [5.41, 5.74) is 2.13. The summed E-state index contributed by atoms with van der Waals surface area (Å²) in [7, 11) is 3.06. The minimum Gasteiger partial charge on any atom is -0.497 e. The summed E-state index contributed by atoms with van der Waals surface area (Å²) in [6, 6.07) is 14.9. The first-order valence-electron chi connectivity index (χ1n) is 9.38. The molecule has 1 heterocycles. The molecule has 160 valence electrons. The number of carbonyl (C=O) groups excluding carboxylic acids is 1. The summed E-state index contributed by atoms with van der Waals surface area (Å²) in [4.78, 5) is 28.6. The second-order valence-electron chi connectivity index (χ2n) is 6.66. The second-order valence-corrected chi connectivity index (χ2v) is 7.07. The third-order valence-corrected chi connectivity index (χ3v) is 5.00. The molecule has 0 saturated carbocycles. The fourth-order valence-corrected chi connectivity index (χ4v) is 3.42. The summed E-state index contributed by atoms with van der Waals surface area (Å²) < 4.78 is 10.6. The van der Waals surface area contributed by atoms with Gasteiger partial charge in [0.05, 0.1) is 32.2 Å². The van der Waals surface area contributed by atoms with Crippen molar-refractivity contribution in [2.24, 2.45) is 0 Å². The minimum absolute atomic E-state index is 0.251. The number of carboxylic acids is 1. The number of hydrogen-bond acceptors (Lipinski definition) is 5. The number of pyridine rings is 1. The van der Waals surface area contributed by atoms with Crippen molar-refractivity contribution in [3.05, 3.63) is 76.9 Å². The van der Waals surface area contributed by atoms with E-state index in [1.54, 1.807) is 49.6 Å². The number of carbonyl (C=O) groups is 2. The summed E-state index contributed by atoms with van der Waals surface area (Å²) in [6.07, 6.45) is 1.06. The van der Waals surface area contributed by atoms with Gasteiger partial charge in [0.15, 0.2) is 0 Å². The molecule has 8 heteroatoms. The second kappa shape index (κ2) is 9.95. The first-order valence-corrected chi connectivity index (χ1v) is 9.76. The van der Waals surface area contributed by atoms with E-state index in [1.165, 1.54) is 13.3 Å². The van der Waals surface area contributed by atoms with Crippen LogP contribution in [-0.2, 0) is 4.79 Å². The van der Waals surface area contributed by atoms with Gasteiger partial charge in [0.1, 0.15) is 5.75 Å². The van der Waals surface area contributed by atoms with Crippen molar-refractivity contribution in [1.82, 2.24) is 10.3 Å². The number of aromatic nitrogens is 1. The number of ether oxygens (including phenoxy) is 2. The van der Waals surface area contributed by atoms with Gasteiger partial charge < -0.3 is 19.9 Å². The third kappa shape index (κ3) is 5.32. The lowest BCUT2D eigenvalue weighted by Gasteiger charge is -2.19. The molecule has 3 rings (SSSR count). The molecule has 7 nitrogen and oxygen atoms in total. The Balaban J connectivity index is 1.95. The zero-order valence-electron chi connectivity index (χ0n) is 17.0. The van der Waals surface area contributed by atoms with Crippen LogP contribution in [0.5, 0.6) is 11.6 Å². The number of amides is 1. The highest BCUT2D eigenvalue weighted by atomic mass is 35.5. The fraction of sp³-hybridized carbons (Fsp3) is 0.174. The van der Waals surface area contributed by atoms with Gasteiger partial charge in [-0.15, -0.1) is 0 Å². The Kier molecular flexibility index (Phi) is 7.10. The van der Waals surface area contributed by atoms with Crippen LogP contribution >= 0.6 is 11.6 Å². The van der Waals surface area contributed by atoms with E-state index in [4.69, 9.17) is 21.1 Å². The molecule has 2 aromatic carbocycles. The summed E-state index contributed by atoms with van der Waals surface area (Å²) in [6.45, 7) is 0. The molecule has 0 radical (unpaired) electrons. The lowest BCUT2D eigenvalue weighted by molar-refractivity contribution is -0.137. The van der Waals surface area contributed by atoms with Gasteiger partial charge in [-0.3, -0.25) is 9.59 Å². The molecular formula is C23H21ClN2O5. The van der Waals surface area contributed by atoms with Crippen LogP contribution in [0.1, 0.15) is 28.4 Å². The van der Waals surface area contributed by atoms with Crippen LogP contribution in [0.2, 0.25) is 5.02 Å². The average Bonchev–Trinajstić information content (AvgIpc) is 2.78. The normalized spacial score (nSPS) is 11.5. The van der Waals surface area contributed by atoms with Crippen molar-refractivity contribution in [3.8, 4) is 22.8 Å². The third-order valence-electron chi connectivity index (χ3n) is 4.65. The number of carboxylic acid groups (broad SMARTS) is 1. The number of rotatable bonds is 8. The number of methoxy groups -OCH3 is 2. The molecule has 0 unspecified atom stereocenters. The lowest BCUT2D eigenvalue weighted by Crippen LogP contribution is -2.30. The summed E-state index contributed by atoms with van der Waals surface area (Å²) in [5.74, 6) is -0.548. The molecule has 31 heavy (non-hydrogen) atoms. The average molecular weight is 441 g/mol.